The zero-order valence-corrected chi connectivity index (χ0v) is 16.0. The van der Waals surface area contributed by atoms with Crippen molar-refractivity contribution in [2.45, 2.75) is 37.5 Å². The summed E-state index contributed by atoms with van der Waals surface area (Å²) in [6, 6.07) is 12.9. The monoisotopic (exact) mass is 390 g/mol. The topological polar surface area (TPSA) is 97.0 Å². The summed E-state index contributed by atoms with van der Waals surface area (Å²) in [6.07, 6.45) is 4.22. The van der Waals surface area contributed by atoms with Crippen molar-refractivity contribution < 1.29 is 9.32 Å². The smallest absolute Gasteiger partial charge is 0.276 e. The van der Waals surface area contributed by atoms with Crippen molar-refractivity contribution >= 4 is 17.4 Å². The molecule has 0 spiro atoms. The van der Waals surface area contributed by atoms with Crippen molar-refractivity contribution in [2.75, 3.05) is 23.3 Å². The molecule has 1 saturated carbocycles. The summed E-state index contributed by atoms with van der Waals surface area (Å²) in [5, 5.41) is 15.4. The third-order valence-corrected chi connectivity index (χ3v) is 5.48. The number of carbonyl (C=O) groups is 1. The van der Waals surface area contributed by atoms with E-state index in [1.54, 1.807) is 6.07 Å². The van der Waals surface area contributed by atoms with Gasteiger partial charge in [0.2, 0.25) is 5.89 Å². The number of para-hydroxylation sites is 1. The van der Waals surface area contributed by atoms with Crippen molar-refractivity contribution in [3.8, 4) is 0 Å². The van der Waals surface area contributed by atoms with Gasteiger partial charge in [-0.1, -0.05) is 23.4 Å². The van der Waals surface area contributed by atoms with E-state index in [0.717, 1.165) is 62.0 Å². The van der Waals surface area contributed by atoms with Crippen LogP contribution in [0.25, 0.3) is 0 Å². The van der Waals surface area contributed by atoms with Crippen molar-refractivity contribution in [1.82, 2.24) is 20.3 Å². The van der Waals surface area contributed by atoms with E-state index in [1.165, 1.54) is 0 Å². The highest BCUT2D eigenvalue weighted by Crippen LogP contribution is 2.39. The van der Waals surface area contributed by atoms with Crippen LogP contribution in [-0.4, -0.2) is 39.3 Å². The fourth-order valence-electron chi connectivity index (χ4n) is 3.61. The first-order valence-corrected chi connectivity index (χ1v) is 10.0. The lowest BCUT2D eigenvalue weighted by molar-refractivity contribution is 0.102. The van der Waals surface area contributed by atoms with E-state index < -0.39 is 0 Å². The van der Waals surface area contributed by atoms with Crippen LogP contribution in [0.15, 0.2) is 47.0 Å². The van der Waals surface area contributed by atoms with E-state index in [-0.39, 0.29) is 5.91 Å². The molecule has 1 aromatic carbocycles. The Morgan fingerprint density at radius 3 is 2.45 bits per heavy atom. The maximum absolute atomic E-state index is 12.3. The number of hydrogen-bond donors (Lipinski definition) is 1. The molecule has 0 unspecified atom stereocenters. The Bertz CT molecular complexity index is 976. The lowest BCUT2D eigenvalue weighted by atomic mass is 9.96. The highest BCUT2D eigenvalue weighted by atomic mass is 16.5. The van der Waals surface area contributed by atoms with Gasteiger partial charge in [-0.15, -0.1) is 10.2 Å². The van der Waals surface area contributed by atoms with Crippen LogP contribution in [0, 0.1) is 0 Å². The summed E-state index contributed by atoms with van der Waals surface area (Å²) < 4.78 is 5.40. The molecular formula is C21H22N6O2. The zero-order valence-electron chi connectivity index (χ0n) is 16.0. The molecule has 0 bridgehead atoms. The van der Waals surface area contributed by atoms with E-state index in [1.807, 2.05) is 36.4 Å². The van der Waals surface area contributed by atoms with Gasteiger partial charge in [0.1, 0.15) is 0 Å². The minimum atomic E-state index is -0.266. The van der Waals surface area contributed by atoms with Crippen molar-refractivity contribution in [2.24, 2.45) is 0 Å². The third kappa shape index (κ3) is 3.96. The number of rotatable bonds is 5. The first-order chi connectivity index (χ1) is 14.3. The predicted molar refractivity (Wildman–Crippen MR) is 107 cm³/mol. The molecule has 0 radical (unpaired) electrons. The average Bonchev–Trinajstić information content (AvgIpc) is 3.51. The molecule has 8 nitrogen and oxygen atoms in total. The Morgan fingerprint density at radius 1 is 0.966 bits per heavy atom. The lowest BCUT2D eigenvalue weighted by Crippen LogP contribution is -2.34. The zero-order chi connectivity index (χ0) is 19.6. The second kappa shape index (κ2) is 7.62. The number of carbonyl (C=O) groups excluding carboxylic acids is 1. The van der Waals surface area contributed by atoms with E-state index in [2.05, 4.69) is 30.6 Å². The average molecular weight is 390 g/mol. The standard InChI is InChI=1S/C21H22N6O2/c28-20(22-16-4-2-1-3-5-16)17-8-9-18(25-24-17)27-12-10-14(11-13-27)19-23-21(29-26-19)15-6-7-15/h1-5,8-9,14-15H,6-7,10-13H2,(H,22,28). The van der Waals surface area contributed by atoms with Gasteiger partial charge in [0.15, 0.2) is 17.3 Å². The van der Waals surface area contributed by atoms with Crippen LogP contribution in [0.3, 0.4) is 0 Å². The number of amides is 1. The number of nitrogens with one attached hydrogen (secondary N) is 1. The molecule has 2 fully saturated rings. The number of piperidine rings is 1. The number of anilines is 2. The molecule has 3 heterocycles. The summed E-state index contributed by atoms with van der Waals surface area (Å²) >= 11 is 0. The molecule has 0 atom stereocenters. The highest BCUT2D eigenvalue weighted by molar-refractivity contribution is 6.02. The fourth-order valence-corrected chi connectivity index (χ4v) is 3.61. The van der Waals surface area contributed by atoms with Crippen molar-refractivity contribution in [3.05, 3.63) is 59.9 Å². The van der Waals surface area contributed by atoms with E-state index in [9.17, 15) is 4.79 Å². The van der Waals surface area contributed by atoms with Gasteiger partial charge in [0, 0.05) is 30.6 Å². The number of nitrogens with zero attached hydrogens (tertiary/aromatic N) is 5. The van der Waals surface area contributed by atoms with Crippen LogP contribution in [0.4, 0.5) is 11.5 Å². The molecule has 2 aromatic heterocycles. The Kier molecular flexibility index (Phi) is 4.67. The van der Waals surface area contributed by atoms with E-state index in [0.29, 0.717) is 17.5 Å². The quantitative estimate of drug-likeness (QED) is 0.713. The van der Waals surface area contributed by atoms with Gasteiger partial charge in [-0.2, -0.15) is 4.98 Å². The Labute approximate surface area is 168 Å². The van der Waals surface area contributed by atoms with Gasteiger partial charge in [-0.05, 0) is 49.9 Å². The number of aromatic nitrogens is 4. The Balaban J connectivity index is 1.18. The Morgan fingerprint density at radius 2 is 1.76 bits per heavy atom. The first kappa shape index (κ1) is 17.8. The van der Waals surface area contributed by atoms with Gasteiger partial charge >= 0.3 is 0 Å². The van der Waals surface area contributed by atoms with Crippen molar-refractivity contribution in [3.63, 3.8) is 0 Å². The maximum atomic E-state index is 12.3. The van der Waals surface area contributed by atoms with Gasteiger partial charge in [-0.25, -0.2) is 0 Å². The predicted octanol–water partition coefficient (Wildman–Crippen LogP) is 3.37. The van der Waals surface area contributed by atoms with Gasteiger partial charge in [0.25, 0.3) is 5.91 Å². The molecule has 1 N–H and O–H groups in total. The van der Waals surface area contributed by atoms with Crippen LogP contribution < -0.4 is 10.2 Å². The van der Waals surface area contributed by atoms with Gasteiger partial charge < -0.3 is 14.7 Å². The molecule has 1 aliphatic heterocycles. The first-order valence-electron chi connectivity index (χ1n) is 10.0. The fraction of sp³-hybridized carbons (Fsp3) is 0.381. The van der Waals surface area contributed by atoms with Crippen LogP contribution in [0.5, 0.6) is 0 Å². The molecule has 1 aliphatic carbocycles. The second-order valence-electron chi connectivity index (χ2n) is 7.62. The molecule has 29 heavy (non-hydrogen) atoms. The van der Waals surface area contributed by atoms with E-state index in [4.69, 9.17) is 4.52 Å². The summed E-state index contributed by atoms with van der Waals surface area (Å²) in [5.74, 6) is 2.97. The van der Waals surface area contributed by atoms with Crippen LogP contribution in [0.1, 0.15) is 59.7 Å². The summed E-state index contributed by atoms with van der Waals surface area (Å²) in [7, 11) is 0. The number of hydrogen-bond acceptors (Lipinski definition) is 7. The molecule has 1 saturated heterocycles. The molecule has 3 aromatic rings. The Hall–Kier alpha value is -3.29. The molecule has 8 heteroatoms. The van der Waals surface area contributed by atoms with Gasteiger partial charge in [0.05, 0.1) is 0 Å². The minimum Gasteiger partial charge on any atom is -0.355 e. The normalized spacial score (nSPS) is 17.3. The molecule has 2 aliphatic rings. The highest BCUT2D eigenvalue weighted by Gasteiger charge is 2.32. The molecule has 148 valence electrons. The van der Waals surface area contributed by atoms with Gasteiger partial charge in [-0.3, -0.25) is 4.79 Å². The van der Waals surface area contributed by atoms with Crippen LogP contribution in [0.2, 0.25) is 0 Å². The summed E-state index contributed by atoms with van der Waals surface area (Å²) in [6.45, 7) is 1.70. The third-order valence-electron chi connectivity index (χ3n) is 5.48. The molecule has 5 rings (SSSR count). The van der Waals surface area contributed by atoms with Crippen LogP contribution in [-0.2, 0) is 0 Å². The van der Waals surface area contributed by atoms with Crippen molar-refractivity contribution in [1.29, 1.82) is 0 Å². The largest absolute Gasteiger partial charge is 0.355 e. The van der Waals surface area contributed by atoms with E-state index >= 15 is 0 Å². The molecular weight excluding hydrogens is 368 g/mol. The lowest BCUT2D eigenvalue weighted by Gasteiger charge is -2.31. The second-order valence-corrected chi connectivity index (χ2v) is 7.62. The SMILES string of the molecule is O=C(Nc1ccccc1)c1ccc(N2CCC(c3noc(C4CC4)n3)CC2)nn1. The minimum absolute atomic E-state index is 0.266. The number of benzene rings is 1. The van der Waals surface area contributed by atoms with Crippen LogP contribution >= 0.6 is 0 Å². The maximum Gasteiger partial charge on any atom is 0.276 e. The summed E-state index contributed by atoms with van der Waals surface area (Å²) in [5.41, 5.74) is 1.03. The molecule has 1 amide bonds. The summed E-state index contributed by atoms with van der Waals surface area (Å²) in [4.78, 5) is 19.1.